The number of allylic oxidation sites excluding steroid dienone is 6. The minimum Gasteiger partial charge on any atom is -0.462 e. The molecule has 0 radical (unpaired) electrons. The molecule has 6 heteroatoms. The van der Waals surface area contributed by atoms with E-state index in [9.17, 15) is 14.4 Å². The number of carbonyl (C=O) groups is 3. The standard InChI is InChI=1S/C69H128O6/c1-4-7-10-13-16-19-22-25-28-29-30-31-32-33-34-35-36-37-38-39-40-42-44-47-50-53-56-59-62-68(71)74-65-66(64-73-67(70)61-58-55-52-49-46-43-27-24-21-18-15-12-9-6-3)75-69(72)63-60-57-54-51-48-45-41-26-23-20-17-14-11-8-5-2/h15,18,24,26-27,41,66H,4-14,16-17,19-23,25,28-40,42-65H2,1-3H3/b18-15-,27-24-,41-26-. The summed E-state index contributed by atoms with van der Waals surface area (Å²) in [7, 11) is 0. The molecule has 0 saturated heterocycles. The molecule has 0 aliphatic heterocycles. The molecule has 0 bridgehead atoms. The Morgan fingerprint density at radius 2 is 0.493 bits per heavy atom. The third kappa shape index (κ3) is 62.4. The second kappa shape index (κ2) is 64.2. The van der Waals surface area contributed by atoms with Crippen molar-refractivity contribution in [1.29, 1.82) is 0 Å². The van der Waals surface area contributed by atoms with E-state index in [2.05, 4.69) is 57.2 Å². The fourth-order valence-electron chi connectivity index (χ4n) is 10.0. The summed E-state index contributed by atoms with van der Waals surface area (Å²) >= 11 is 0. The summed E-state index contributed by atoms with van der Waals surface area (Å²) in [4.78, 5) is 38.3. The zero-order valence-electron chi connectivity index (χ0n) is 50.6. The van der Waals surface area contributed by atoms with E-state index >= 15 is 0 Å². The number of ether oxygens (including phenoxy) is 3. The molecule has 0 spiro atoms. The van der Waals surface area contributed by atoms with Crippen LogP contribution in [0.15, 0.2) is 36.5 Å². The maximum Gasteiger partial charge on any atom is 0.306 e. The van der Waals surface area contributed by atoms with Gasteiger partial charge in [0.05, 0.1) is 0 Å². The number of hydrogen-bond acceptors (Lipinski definition) is 6. The molecule has 1 atom stereocenters. The van der Waals surface area contributed by atoms with E-state index in [0.717, 1.165) is 83.5 Å². The van der Waals surface area contributed by atoms with Crippen molar-refractivity contribution in [2.45, 2.75) is 374 Å². The lowest BCUT2D eigenvalue weighted by Gasteiger charge is -2.18. The number of hydrogen-bond donors (Lipinski definition) is 0. The van der Waals surface area contributed by atoms with Crippen molar-refractivity contribution in [3.8, 4) is 0 Å². The van der Waals surface area contributed by atoms with Gasteiger partial charge in [-0.25, -0.2) is 0 Å². The van der Waals surface area contributed by atoms with Crippen LogP contribution in [0.4, 0.5) is 0 Å². The third-order valence-electron chi connectivity index (χ3n) is 15.1. The summed E-state index contributed by atoms with van der Waals surface area (Å²) in [6.45, 7) is 6.64. The molecule has 75 heavy (non-hydrogen) atoms. The fraction of sp³-hybridized carbons (Fsp3) is 0.870. The molecule has 0 aromatic rings. The second-order valence-corrected chi connectivity index (χ2v) is 22.7. The van der Waals surface area contributed by atoms with Gasteiger partial charge in [-0.1, -0.05) is 314 Å². The lowest BCUT2D eigenvalue weighted by Crippen LogP contribution is -2.30. The van der Waals surface area contributed by atoms with Gasteiger partial charge in [0.2, 0.25) is 0 Å². The highest BCUT2D eigenvalue weighted by molar-refractivity contribution is 5.71. The van der Waals surface area contributed by atoms with Crippen LogP contribution in [0.5, 0.6) is 0 Å². The Labute approximate surface area is 467 Å². The summed E-state index contributed by atoms with van der Waals surface area (Å²) in [5.74, 6) is -0.877. The topological polar surface area (TPSA) is 78.9 Å². The molecule has 0 rings (SSSR count). The van der Waals surface area contributed by atoms with E-state index < -0.39 is 6.10 Å². The Bertz CT molecular complexity index is 1250. The highest BCUT2D eigenvalue weighted by atomic mass is 16.6. The van der Waals surface area contributed by atoms with E-state index in [1.807, 2.05) is 0 Å². The first kappa shape index (κ1) is 72.6. The molecule has 0 aromatic carbocycles. The predicted molar refractivity (Wildman–Crippen MR) is 326 cm³/mol. The summed E-state index contributed by atoms with van der Waals surface area (Å²) in [5, 5.41) is 0. The highest BCUT2D eigenvalue weighted by Gasteiger charge is 2.19. The van der Waals surface area contributed by atoms with Gasteiger partial charge in [-0.15, -0.1) is 0 Å². The minimum atomic E-state index is -0.780. The third-order valence-corrected chi connectivity index (χ3v) is 15.1. The number of carbonyl (C=O) groups excluding carboxylic acids is 3. The average Bonchev–Trinajstić information content (AvgIpc) is 3.41. The highest BCUT2D eigenvalue weighted by Crippen LogP contribution is 2.18. The molecular weight excluding hydrogens is 925 g/mol. The molecule has 0 fully saturated rings. The molecule has 0 aliphatic rings. The Balaban J connectivity index is 4.18. The van der Waals surface area contributed by atoms with Crippen molar-refractivity contribution in [3.05, 3.63) is 36.5 Å². The van der Waals surface area contributed by atoms with Crippen LogP contribution in [-0.4, -0.2) is 37.2 Å². The zero-order valence-corrected chi connectivity index (χ0v) is 50.6. The quantitative estimate of drug-likeness (QED) is 0.0261. The Hall–Kier alpha value is -2.37. The van der Waals surface area contributed by atoms with Crippen LogP contribution >= 0.6 is 0 Å². The Kier molecular flexibility index (Phi) is 62.1. The van der Waals surface area contributed by atoms with Gasteiger partial charge in [0, 0.05) is 19.3 Å². The van der Waals surface area contributed by atoms with Crippen molar-refractivity contribution in [2.75, 3.05) is 13.2 Å². The lowest BCUT2D eigenvalue weighted by atomic mass is 10.0. The van der Waals surface area contributed by atoms with Gasteiger partial charge in [0.15, 0.2) is 6.10 Å². The van der Waals surface area contributed by atoms with Gasteiger partial charge >= 0.3 is 17.9 Å². The first-order chi connectivity index (χ1) is 37.0. The van der Waals surface area contributed by atoms with Gasteiger partial charge < -0.3 is 14.2 Å². The zero-order chi connectivity index (χ0) is 54.3. The van der Waals surface area contributed by atoms with Crippen molar-refractivity contribution in [3.63, 3.8) is 0 Å². The van der Waals surface area contributed by atoms with E-state index in [4.69, 9.17) is 14.2 Å². The fourth-order valence-corrected chi connectivity index (χ4v) is 10.0. The van der Waals surface area contributed by atoms with E-state index in [1.54, 1.807) is 0 Å². The molecular formula is C69H128O6. The second-order valence-electron chi connectivity index (χ2n) is 22.7. The Morgan fingerprint density at radius 3 is 0.787 bits per heavy atom. The average molecular weight is 1050 g/mol. The van der Waals surface area contributed by atoms with Crippen LogP contribution in [0, 0.1) is 0 Å². The normalized spacial score (nSPS) is 12.2. The molecule has 0 amide bonds. The van der Waals surface area contributed by atoms with Crippen LogP contribution in [0.3, 0.4) is 0 Å². The maximum absolute atomic E-state index is 12.9. The van der Waals surface area contributed by atoms with Crippen LogP contribution in [0.1, 0.15) is 367 Å². The van der Waals surface area contributed by atoms with E-state index in [0.29, 0.717) is 19.3 Å². The van der Waals surface area contributed by atoms with E-state index in [-0.39, 0.29) is 31.1 Å². The molecule has 440 valence electrons. The first-order valence-electron chi connectivity index (χ1n) is 33.5. The largest absolute Gasteiger partial charge is 0.462 e. The number of esters is 3. The molecule has 0 heterocycles. The van der Waals surface area contributed by atoms with Crippen molar-refractivity contribution in [2.24, 2.45) is 0 Å². The minimum absolute atomic E-state index is 0.0760. The molecule has 0 saturated carbocycles. The van der Waals surface area contributed by atoms with Crippen LogP contribution in [0.2, 0.25) is 0 Å². The molecule has 1 unspecified atom stereocenters. The molecule has 6 nitrogen and oxygen atoms in total. The molecule has 0 aromatic heterocycles. The van der Waals surface area contributed by atoms with Crippen molar-refractivity contribution < 1.29 is 28.6 Å². The van der Waals surface area contributed by atoms with Gasteiger partial charge in [-0.05, 0) is 70.6 Å². The molecule has 0 aliphatic carbocycles. The number of unbranched alkanes of at least 4 members (excludes halogenated alkanes) is 45. The van der Waals surface area contributed by atoms with Crippen LogP contribution < -0.4 is 0 Å². The lowest BCUT2D eigenvalue weighted by molar-refractivity contribution is -0.167. The van der Waals surface area contributed by atoms with Gasteiger partial charge in [0.1, 0.15) is 13.2 Å². The van der Waals surface area contributed by atoms with E-state index in [1.165, 1.54) is 244 Å². The van der Waals surface area contributed by atoms with Gasteiger partial charge in [-0.2, -0.15) is 0 Å². The Morgan fingerprint density at radius 1 is 0.267 bits per heavy atom. The van der Waals surface area contributed by atoms with Gasteiger partial charge in [0.25, 0.3) is 0 Å². The monoisotopic (exact) mass is 1050 g/mol. The first-order valence-corrected chi connectivity index (χ1v) is 33.5. The smallest absolute Gasteiger partial charge is 0.306 e. The van der Waals surface area contributed by atoms with Crippen molar-refractivity contribution >= 4 is 17.9 Å². The summed E-state index contributed by atoms with van der Waals surface area (Å²) in [6.07, 6.45) is 78.9. The SMILES string of the molecule is CCCC/C=C\C/C=C\CCCCCCCC(=O)OCC(COC(=O)CCCCCCCCCCCCCCCCCCCCCCCCCCCCCC)OC(=O)CCCCCCC/C=C\CCCCCCCC. The van der Waals surface area contributed by atoms with Crippen molar-refractivity contribution in [1.82, 2.24) is 0 Å². The van der Waals surface area contributed by atoms with Crippen LogP contribution in [-0.2, 0) is 28.6 Å². The molecule has 0 N–H and O–H groups in total. The summed E-state index contributed by atoms with van der Waals surface area (Å²) in [6, 6.07) is 0. The van der Waals surface area contributed by atoms with Gasteiger partial charge in [-0.3, -0.25) is 14.4 Å². The predicted octanol–water partition coefficient (Wildman–Crippen LogP) is 22.8. The van der Waals surface area contributed by atoms with Crippen LogP contribution in [0.25, 0.3) is 0 Å². The number of rotatable bonds is 62. The maximum atomic E-state index is 12.9. The summed E-state index contributed by atoms with van der Waals surface area (Å²) < 4.78 is 16.9. The summed E-state index contributed by atoms with van der Waals surface area (Å²) in [5.41, 5.74) is 0.